The van der Waals surface area contributed by atoms with Crippen molar-refractivity contribution in [2.75, 3.05) is 26.2 Å². The van der Waals surface area contributed by atoms with E-state index in [1.165, 1.54) is 44.1 Å². The molecule has 0 aromatic heterocycles. The molecular formula is C37H61N3O7. The summed E-state index contributed by atoms with van der Waals surface area (Å²) in [7, 11) is 0. The van der Waals surface area contributed by atoms with Crippen LogP contribution < -0.4 is 10.6 Å². The summed E-state index contributed by atoms with van der Waals surface area (Å²) in [4.78, 5) is 51.9. The molecule has 0 bridgehead atoms. The largest absolute Gasteiger partial charge is 0.462 e. The van der Waals surface area contributed by atoms with Crippen LogP contribution in [-0.4, -0.2) is 72.4 Å². The number of nitrogens with zero attached hydrogens (tertiary/aromatic N) is 1. The standard InChI is InChI=1S/C37H61N3O7/c1-36(2,3)46-34(43)38-20-8-22-40(23-9-21-39-35(44)47-37(4,5)6)32(41)18-19-33(42)45-27-14-17-29-26(24-27)13-16-30-28-11-7-10-25(28)12-15-31(29)30/h13,25,27-31H,7-12,14-24H2,1-6H3,(H,38,43)(H,39,44). The summed E-state index contributed by atoms with van der Waals surface area (Å²) in [5.41, 5.74) is 0.326. The Kier molecular flexibility index (Phi) is 13.0. The number of fused-ring (bicyclic) bond motifs is 5. The molecular weight excluding hydrogens is 598 g/mol. The van der Waals surface area contributed by atoms with Gasteiger partial charge in [-0.15, -0.1) is 0 Å². The van der Waals surface area contributed by atoms with Crippen molar-refractivity contribution >= 4 is 24.1 Å². The van der Waals surface area contributed by atoms with Crippen LogP contribution in [0.3, 0.4) is 0 Å². The molecule has 3 saturated carbocycles. The fourth-order valence-electron chi connectivity index (χ4n) is 8.48. The smallest absolute Gasteiger partial charge is 0.407 e. The number of ether oxygens (including phenoxy) is 3. The summed E-state index contributed by atoms with van der Waals surface area (Å²) < 4.78 is 16.5. The molecule has 0 aromatic carbocycles. The van der Waals surface area contributed by atoms with Gasteiger partial charge in [-0.05, 0) is 122 Å². The van der Waals surface area contributed by atoms with E-state index in [1.807, 2.05) is 0 Å². The van der Waals surface area contributed by atoms with Gasteiger partial charge in [-0.2, -0.15) is 0 Å². The second kappa shape index (κ2) is 16.6. The van der Waals surface area contributed by atoms with Crippen LogP contribution in [0.4, 0.5) is 9.59 Å². The van der Waals surface area contributed by atoms with Gasteiger partial charge < -0.3 is 29.7 Å². The minimum atomic E-state index is -0.591. The minimum absolute atomic E-state index is 0.0361. The number of amides is 3. The van der Waals surface area contributed by atoms with Crippen molar-refractivity contribution in [3.8, 4) is 0 Å². The SMILES string of the molecule is CC(C)(C)OC(=O)NCCCN(CCCNC(=O)OC(C)(C)C)C(=O)CCC(=O)OC1CCC2C(=CCC3C4CCCC4CCC23)C1. The van der Waals surface area contributed by atoms with Crippen molar-refractivity contribution in [2.45, 2.75) is 142 Å². The molecule has 0 heterocycles. The number of hydrogen-bond donors (Lipinski definition) is 2. The van der Waals surface area contributed by atoms with Gasteiger partial charge >= 0.3 is 18.2 Å². The summed E-state index contributed by atoms with van der Waals surface area (Å²) in [5, 5.41) is 5.45. The van der Waals surface area contributed by atoms with Gasteiger partial charge in [0.2, 0.25) is 5.91 Å². The Bertz CT molecular complexity index is 1090. The van der Waals surface area contributed by atoms with Crippen LogP contribution in [0.15, 0.2) is 11.6 Å². The fraction of sp³-hybridized carbons (Fsp3) is 0.838. The first-order valence-electron chi connectivity index (χ1n) is 18.3. The predicted octanol–water partition coefficient (Wildman–Crippen LogP) is 6.91. The normalized spacial score (nSPS) is 26.9. The van der Waals surface area contributed by atoms with Gasteiger partial charge in [0, 0.05) is 39.0 Å². The highest BCUT2D eigenvalue weighted by atomic mass is 16.6. The zero-order valence-electron chi connectivity index (χ0n) is 29.9. The highest BCUT2D eigenvalue weighted by Crippen LogP contribution is 2.56. The lowest BCUT2D eigenvalue weighted by atomic mass is 9.57. The zero-order chi connectivity index (χ0) is 34.2. The Morgan fingerprint density at radius 2 is 1.40 bits per heavy atom. The molecule has 4 aliphatic rings. The van der Waals surface area contributed by atoms with Crippen LogP contribution in [0.25, 0.3) is 0 Å². The molecule has 6 unspecified atom stereocenters. The molecule has 3 amide bonds. The van der Waals surface area contributed by atoms with Crippen molar-refractivity contribution in [1.82, 2.24) is 15.5 Å². The van der Waals surface area contributed by atoms with E-state index < -0.39 is 23.4 Å². The molecule has 0 aliphatic heterocycles. The number of rotatable bonds is 12. The first-order chi connectivity index (χ1) is 22.2. The van der Waals surface area contributed by atoms with Gasteiger partial charge in [0.25, 0.3) is 0 Å². The highest BCUT2D eigenvalue weighted by Gasteiger charge is 2.47. The average molecular weight is 660 g/mol. The number of alkyl carbamates (subject to hydrolysis) is 2. The third-order valence-corrected chi connectivity index (χ3v) is 10.3. The molecule has 10 heteroatoms. The second-order valence-corrected chi connectivity index (χ2v) is 16.2. The molecule has 4 rings (SSSR count). The molecule has 0 radical (unpaired) electrons. The van der Waals surface area contributed by atoms with Crippen molar-refractivity contribution in [2.24, 2.45) is 29.6 Å². The van der Waals surface area contributed by atoms with Gasteiger partial charge in [0.05, 0.1) is 6.42 Å². The number of carbonyl (C=O) groups excluding carboxylic acids is 4. The third kappa shape index (κ3) is 11.7. The van der Waals surface area contributed by atoms with E-state index in [0.717, 1.165) is 42.9 Å². The number of nitrogens with one attached hydrogen (secondary N) is 2. The van der Waals surface area contributed by atoms with Crippen LogP contribution in [-0.2, 0) is 23.8 Å². The zero-order valence-corrected chi connectivity index (χ0v) is 29.9. The van der Waals surface area contributed by atoms with Crippen LogP contribution in [0.5, 0.6) is 0 Å². The molecule has 0 saturated heterocycles. The van der Waals surface area contributed by atoms with Gasteiger partial charge in [-0.3, -0.25) is 9.59 Å². The molecule has 4 aliphatic carbocycles. The van der Waals surface area contributed by atoms with Crippen LogP contribution >= 0.6 is 0 Å². The quantitative estimate of drug-likeness (QED) is 0.101. The van der Waals surface area contributed by atoms with E-state index in [0.29, 0.717) is 44.9 Å². The van der Waals surface area contributed by atoms with E-state index in [4.69, 9.17) is 14.2 Å². The van der Waals surface area contributed by atoms with E-state index >= 15 is 0 Å². The Balaban J connectivity index is 1.21. The van der Waals surface area contributed by atoms with Crippen molar-refractivity contribution < 1.29 is 33.4 Å². The number of esters is 1. The van der Waals surface area contributed by atoms with Crippen LogP contribution in [0, 0.1) is 29.6 Å². The lowest BCUT2D eigenvalue weighted by Gasteiger charge is -2.49. The monoisotopic (exact) mass is 659 g/mol. The Labute approximate surface area is 282 Å². The van der Waals surface area contributed by atoms with Gasteiger partial charge in [-0.1, -0.05) is 24.5 Å². The summed E-state index contributed by atoms with van der Waals surface area (Å²) >= 11 is 0. The maximum absolute atomic E-state index is 13.3. The summed E-state index contributed by atoms with van der Waals surface area (Å²) in [6.07, 6.45) is 13.6. The predicted molar refractivity (Wildman–Crippen MR) is 180 cm³/mol. The third-order valence-electron chi connectivity index (χ3n) is 10.3. The lowest BCUT2D eigenvalue weighted by Crippen LogP contribution is -2.41. The maximum atomic E-state index is 13.3. The minimum Gasteiger partial charge on any atom is -0.462 e. The molecule has 10 nitrogen and oxygen atoms in total. The molecule has 266 valence electrons. The van der Waals surface area contributed by atoms with Crippen LogP contribution in [0.2, 0.25) is 0 Å². The lowest BCUT2D eigenvalue weighted by molar-refractivity contribution is -0.152. The summed E-state index contributed by atoms with van der Waals surface area (Å²) in [6, 6.07) is 0. The Morgan fingerprint density at radius 1 is 0.766 bits per heavy atom. The van der Waals surface area contributed by atoms with E-state index in [9.17, 15) is 19.2 Å². The molecule has 0 aromatic rings. The number of allylic oxidation sites excluding steroid dienone is 1. The van der Waals surface area contributed by atoms with Crippen molar-refractivity contribution in [3.63, 3.8) is 0 Å². The van der Waals surface area contributed by atoms with Crippen LogP contribution in [0.1, 0.15) is 125 Å². The molecule has 2 N–H and O–H groups in total. The second-order valence-electron chi connectivity index (χ2n) is 16.2. The van der Waals surface area contributed by atoms with Gasteiger partial charge in [0.15, 0.2) is 0 Å². The first-order valence-corrected chi connectivity index (χ1v) is 18.3. The Morgan fingerprint density at radius 3 is 2.02 bits per heavy atom. The number of carbonyl (C=O) groups is 4. The summed E-state index contributed by atoms with van der Waals surface area (Å²) in [6.45, 7) is 12.3. The van der Waals surface area contributed by atoms with E-state index in [2.05, 4.69) is 16.7 Å². The summed E-state index contributed by atoms with van der Waals surface area (Å²) in [5.74, 6) is 3.76. The fourth-order valence-corrected chi connectivity index (χ4v) is 8.48. The van der Waals surface area contributed by atoms with Crippen molar-refractivity contribution in [3.05, 3.63) is 11.6 Å². The highest BCUT2D eigenvalue weighted by molar-refractivity contribution is 5.81. The molecule has 3 fully saturated rings. The number of hydrogen-bond acceptors (Lipinski definition) is 7. The Hall–Kier alpha value is -2.78. The molecule has 0 spiro atoms. The van der Waals surface area contributed by atoms with Gasteiger partial charge in [0.1, 0.15) is 17.3 Å². The van der Waals surface area contributed by atoms with Gasteiger partial charge in [-0.25, -0.2) is 9.59 Å². The van der Waals surface area contributed by atoms with Crippen molar-refractivity contribution in [1.29, 1.82) is 0 Å². The maximum Gasteiger partial charge on any atom is 0.407 e. The van der Waals surface area contributed by atoms with E-state index in [-0.39, 0.29) is 30.8 Å². The van der Waals surface area contributed by atoms with E-state index in [1.54, 1.807) is 46.4 Å². The first kappa shape index (κ1) is 37.0. The topological polar surface area (TPSA) is 123 Å². The molecule has 47 heavy (non-hydrogen) atoms. The molecule has 6 atom stereocenters. The average Bonchev–Trinajstić information content (AvgIpc) is 3.46.